The fourth-order valence-electron chi connectivity index (χ4n) is 1.49. The van der Waals surface area contributed by atoms with Crippen LogP contribution in [0.15, 0.2) is 34.1 Å². The second kappa shape index (κ2) is 5.57. The number of rotatable bonds is 4. The van der Waals surface area contributed by atoms with Crippen LogP contribution in [0.5, 0.6) is 11.5 Å². The van der Waals surface area contributed by atoms with Crippen molar-refractivity contribution in [2.45, 2.75) is 20.8 Å². The van der Waals surface area contributed by atoms with E-state index in [0.29, 0.717) is 11.5 Å². The molecule has 2 rings (SSSR count). The first-order valence-corrected chi connectivity index (χ1v) is 12.1. The second-order valence-electron chi connectivity index (χ2n) is 4.14. The van der Waals surface area contributed by atoms with Gasteiger partial charge in [0.1, 0.15) is 0 Å². The molecule has 0 saturated heterocycles. The number of para-hydroxylation sites is 2. The van der Waals surface area contributed by atoms with E-state index < -0.39 is 4.96 Å². The molecule has 0 bridgehead atoms. The molecule has 0 unspecified atom stereocenters. The molecule has 0 amide bonds. The standard InChI is InChI=1S/C12H15Cl2O2PS2/c1-4-18-12(9(2)3)19-17(13,14)15-10-7-5-6-8-11(10)16-17/h5-8H,4H2,1-3H3. The molecular formula is C12H15Cl2O2PS2. The van der Waals surface area contributed by atoms with Crippen LogP contribution < -0.4 is 9.05 Å². The van der Waals surface area contributed by atoms with Crippen LogP contribution in [0.4, 0.5) is 0 Å². The molecule has 0 fully saturated rings. The number of allylic oxidation sites excluding steroid dienone is 1. The van der Waals surface area contributed by atoms with Crippen molar-refractivity contribution in [3.05, 3.63) is 34.1 Å². The van der Waals surface area contributed by atoms with E-state index in [4.69, 9.17) is 31.5 Å². The Morgan fingerprint density at radius 1 is 1.16 bits per heavy atom. The van der Waals surface area contributed by atoms with Crippen LogP contribution in [-0.2, 0) is 0 Å². The molecule has 0 atom stereocenters. The summed E-state index contributed by atoms with van der Waals surface area (Å²) in [4.78, 5) is -3.75. The Bertz CT molecular complexity index is 501. The quantitative estimate of drug-likeness (QED) is 0.551. The molecule has 0 aliphatic carbocycles. The average Bonchev–Trinajstić information content (AvgIpc) is 2.59. The number of halogens is 2. The third kappa shape index (κ3) is 3.68. The zero-order valence-corrected chi connectivity index (χ0v) is 14.9. The SMILES string of the molecule is CCSC(SP1(Cl)(Cl)Oc2ccccc2O1)=C(C)C. The molecule has 0 radical (unpaired) electrons. The Morgan fingerprint density at radius 2 is 1.68 bits per heavy atom. The van der Waals surface area contributed by atoms with Gasteiger partial charge in [-0.05, 0) is 0 Å². The van der Waals surface area contributed by atoms with Gasteiger partial charge < -0.3 is 0 Å². The van der Waals surface area contributed by atoms with Crippen molar-refractivity contribution < 1.29 is 9.05 Å². The van der Waals surface area contributed by atoms with Crippen LogP contribution in [0.2, 0.25) is 0 Å². The van der Waals surface area contributed by atoms with Crippen LogP contribution in [0.25, 0.3) is 0 Å². The molecule has 2 nitrogen and oxygen atoms in total. The summed E-state index contributed by atoms with van der Waals surface area (Å²) in [6.45, 7) is 6.14. The van der Waals surface area contributed by atoms with Gasteiger partial charge in [-0.15, -0.1) is 0 Å². The van der Waals surface area contributed by atoms with Gasteiger partial charge in [0.05, 0.1) is 0 Å². The molecule has 0 saturated carbocycles. The summed E-state index contributed by atoms with van der Waals surface area (Å²) in [5, 5.41) is 0. The van der Waals surface area contributed by atoms with Crippen molar-refractivity contribution in [1.29, 1.82) is 0 Å². The van der Waals surface area contributed by atoms with Crippen molar-refractivity contribution in [2.75, 3.05) is 5.75 Å². The van der Waals surface area contributed by atoms with E-state index >= 15 is 0 Å². The topological polar surface area (TPSA) is 18.5 Å². The molecule has 1 aromatic carbocycles. The zero-order valence-electron chi connectivity index (χ0n) is 10.9. The van der Waals surface area contributed by atoms with Crippen LogP contribution >= 0.6 is 50.6 Å². The molecule has 7 heteroatoms. The molecule has 1 aliphatic heterocycles. The summed E-state index contributed by atoms with van der Waals surface area (Å²) < 4.78 is 12.6. The summed E-state index contributed by atoms with van der Waals surface area (Å²) in [5.41, 5.74) is 1.16. The average molecular weight is 357 g/mol. The predicted molar refractivity (Wildman–Crippen MR) is 90.4 cm³/mol. The summed E-state index contributed by atoms with van der Waals surface area (Å²) >= 11 is 16.1. The summed E-state index contributed by atoms with van der Waals surface area (Å²) in [6, 6.07) is 7.35. The van der Waals surface area contributed by atoms with Gasteiger partial charge in [-0.1, -0.05) is 0 Å². The van der Waals surface area contributed by atoms with Crippen molar-refractivity contribution in [1.82, 2.24) is 0 Å². The molecule has 1 aliphatic rings. The van der Waals surface area contributed by atoms with Crippen molar-refractivity contribution >= 4 is 50.6 Å². The van der Waals surface area contributed by atoms with E-state index in [1.807, 2.05) is 38.1 Å². The summed E-state index contributed by atoms with van der Waals surface area (Å²) in [7, 11) is 0. The molecular weight excluding hydrogens is 342 g/mol. The van der Waals surface area contributed by atoms with Crippen molar-refractivity contribution in [3.8, 4) is 11.5 Å². The Morgan fingerprint density at radius 3 is 2.11 bits per heavy atom. The van der Waals surface area contributed by atoms with Crippen LogP contribution in [0, 0.1) is 0 Å². The minimum absolute atomic E-state index is 0.604. The van der Waals surface area contributed by atoms with E-state index in [-0.39, 0.29) is 0 Å². The first-order valence-electron chi connectivity index (χ1n) is 5.78. The fraction of sp³-hybridized carbons (Fsp3) is 0.333. The van der Waals surface area contributed by atoms with E-state index in [1.54, 1.807) is 11.8 Å². The third-order valence-electron chi connectivity index (χ3n) is 2.24. The van der Waals surface area contributed by atoms with Gasteiger partial charge in [-0.2, -0.15) is 0 Å². The monoisotopic (exact) mass is 356 g/mol. The second-order valence-corrected chi connectivity index (χ2v) is 16.0. The number of benzene rings is 1. The Labute approximate surface area is 131 Å². The van der Waals surface area contributed by atoms with Gasteiger partial charge in [0.2, 0.25) is 0 Å². The first-order chi connectivity index (χ1) is 8.82. The Balaban J connectivity index is 2.27. The number of thioether (sulfide) groups is 1. The Kier molecular flexibility index (Phi) is 4.59. The van der Waals surface area contributed by atoms with Crippen molar-refractivity contribution in [3.63, 3.8) is 0 Å². The van der Waals surface area contributed by atoms with Crippen LogP contribution in [-0.4, -0.2) is 5.75 Å². The van der Waals surface area contributed by atoms with E-state index in [9.17, 15) is 0 Å². The van der Waals surface area contributed by atoms with Crippen molar-refractivity contribution in [2.24, 2.45) is 0 Å². The summed E-state index contributed by atoms with van der Waals surface area (Å²) in [5.74, 6) is 2.15. The van der Waals surface area contributed by atoms with Gasteiger partial charge in [-0.25, -0.2) is 0 Å². The molecule has 0 N–H and O–H groups in total. The molecule has 0 spiro atoms. The molecule has 1 aromatic rings. The van der Waals surface area contributed by atoms with Gasteiger partial charge >= 0.3 is 132 Å². The molecule has 106 valence electrons. The predicted octanol–water partition coefficient (Wildman–Crippen LogP) is 6.80. The van der Waals surface area contributed by atoms with E-state index in [0.717, 1.165) is 15.6 Å². The Hall–Kier alpha value is 0.270. The number of hydrogen-bond acceptors (Lipinski definition) is 4. The van der Waals surface area contributed by atoms with Gasteiger partial charge in [-0.3, -0.25) is 0 Å². The van der Waals surface area contributed by atoms with Gasteiger partial charge in [0.25, 0.3) is 0 Å². The normalized spacial score (nSPS) is 20.4. The molecule has 1 heterocycles. The molecule has 19 heavy (non-hydrogen) atoms. The maximum absolute atomic E-state index is 6.53. The van der Waals surface area contributed by atoms with E-state index in [1.165, 1.54) is 11.4 Å². The third-order valence-corrected chi connectivity index (χ3v) is 9.93. The molecule has 0 aromatic heterocycles. The fourth-order valence-corrected chi connectivity index (χ4v) is 10.7. The van der Waals surface area contributed by atoms with E-state index in [2.05, 4.69) is 6.92 Å². The summed E-state index contributed by atoms with van der Waals surface area (Å²) in [6.07, 6.45) is 0. The minimum atomic E-state index is -3.75. The number of hydrogen-bond donors (Lipinski definition) is 0. The first kappa shape index (κ1) is 15.7. The number of fused-ring (bicyclic) bond motifs is 1. The van der Waals surface area contributed by atoms with Gasteiger partial charge in [0.15, 0.2) is 0 Å². The van der Waals surface area contributed by atoms with Crippen LogP contribution in [0.1, 0.15) is 20.8 Å². The maximum atomic E-state index is 6.53. The van der Waals surface area contributed by atoms with Crippen LogP contribution in [0.3, 0.4) is 0 Å². The van der Waals surface area contributed by atoms with Gasteiger partial charge in [0, 0.05) is 0 Å². The zero-order chi connectivity index (χ0) is 14.1.